The van der Waals surface area contributed by atoms with Gasteiger partial charge in [0.1, 0.15) is 26.4 Å². The van der Waals surface area contributed by atoms with E-state index in [2.05, 4.69) is 33.0 Å². The van der Waals surface area contributed by atoms with Gasteiger partial charge in [0, 0.05) is 58.2 Å². The minimum atomic E-state index is -0.988. The summed E-state index contributed by atoms with van der Waals surface area (Å²) in [4.78, 5) is 93.7. The Kier molecular flexibility index (Phi) is 58.9. The molecule has 2 amide bonds. The Morgan fingerprint density at radius 3 is 0.882 bits per heavy atom. The van der Waals surface area contributed by atoms with Gasteiger partial charge < -0.3 is 43.5 Å². The first-order valence-electron chi connectivity index (χ1n) is 30.5. The van der Waals surface area contributed by atoms with Gasteiger partial charge in [-0.25, -0.2) is 4.79 Å². The Balaban J connectivity index is -0.0000130. The van der Waals surface area contributed by atoms with Crippen molar-refractivity contribution in [1.29, 1.82) is 0 Å². The fourth-order valence-corrected chi connectivity index (χ4v) is 7.80. The summed E-state index contributed by atoms with van der Waals surface area (Å²) in [5, 5.41) is 2.93. The van der Waals surface area contributed by atoms with Crippen LogP contribution >= 0.6 is 0 Å². The number of ether oxygens (including phenoxy) is 6. The van der Waals surface area contributed by atoms with E-state index < -0.39 is 48.0 Å². The van der Waals surface area contributed by atoms with Crippen molar-refractivity contribution in [3.63, 3.8) is 0 Å². The van der Waals surface area contributed by atoms with E-state index in [0.717, 1.165) is 135 Å². The fraction of sp³-hybridized carbons (Fsp3) is 0.883. The molecule has 1 N–H and O–H groups in total. The zero-order valence-electron chi connectivity index (χ0n) is 50.3. The molecule has 0 rings (SSSR count). The summed E-state index contributed by atoms with van der Waals surface area (Å²) in [5.41, 5.74) is 0. The predicted molar refractivity (Wildman–Crippen MR) is 305 cm³/mol. The molecule has 0 aliphatic heterocycles. The van der Waals surface area contributed by atoms with Crippen molar-refractivity contribution in [3.05, 3.63) is 0 Å². The molecule has 0 aliphatic rings. The Bertz CT molecular complexity index is 1250. The van der Waals surface area contributed by atoms with E-state index in [9.17, 15) is 33.6 Å². The lowest BCUT2D eigenvalue weighted by Crippen LogP contribution is -2.42. The van der Waals surface area contributed by atoms with Crippen LogP contribution in [0.2, 0.25) is 0 Å². The van der Waals surface area contributed by atoms with Crippen molar-refractivity contribution in [1.82, 2.24) is 15.1 Å². The van der Waals surface area contributed by atoms with E-state index in [4.69, 9.17) is 28.4 Å². The van der Waals surface area contributed by atoms with Gasteiger partial charge in [-0.2, -0.15) is 0 Å². The second-order valence-electron chi connectivity index (χ2n) is 19.6. The van der Waals surface area contributed by atoms with Gasteiger partial charge in [-0.05, 0) is 65.6 Å². The lowest BCUT2D eigenvalue weighted by molar-refractivity contribution is -0.167. The number of nitrogens with zero attached hydrogens (tertiary/aromatic N) is 2. The van der Waals surface area contributed by atoms with Gasteiger partial charge in [-0.3, -0.25) is 28.8 Å². The quantitative estimate of drug-likeness (QED) is 0.0343. The van der Waals surface area contributed by atoms with Crippen LogP contribution in [0.3, 0.4) is 0 Å². The molecule has 0 radical (unpaired) electrons. The maximum atomic E-state index is 13.4. The van der Waals surface area contributed by atoms with Crippen molar-refractivity contribution in [2.45, 2.75) is 279 Å². The minimum absolute atomic E-state index is 0.0722. The van der Waals surface area contributed by atoms with Crippen molar-refractivity contribution >= 4 is 41.8 Å². The Labute approximate surface area is 463 Å². The molecular formula is C60H115N3O13. The van der Waals surface area contributed by atoms with Gasteiger partial charge in [-0.15, -0.1) is 0 Å². The highest BCUT2D eigenvalue weighted by Crippen LogP contribution is 2.14. The number of carbonyl (C=O) groups excluding carboxylic acids is 7. The molecule has 76 heavy (non-hydrogen) atoms. The molecule has 0 spiro atoms. The monoisotopic (exact) mass is 1090 g/mol. The molecule has 0 aromatic carbocycles. The third-order valence-electron chi connectivity index (χ3n) is 12.2. The molecule has 0 aliphatic carbocycles. The molecule has 0 fully saturated rings. The van der Waals surface area contributed by atoms with Crippen molar-refractivity contribution in [3.8, 4) is 0 Å². The molecule has 0 aromatic heterocycles. The third kappa shape index (κ3) is 53.4. The second kappa shape index (κ2) is 58.7. The molecular weight excluding hydrogens is 971 g/mol. The maximum Gasteiger partial charge on any atom is 0.317 e. The van der Waals surface area contributed by atoms with Crippen molar-refractivity contribution in [2.75, 3.05) is 66.7 Å². The summed E-state index contributed by atoms with van der Waals surface area (Å²) in [6.45, 7) is 17.2. The zero-order chi connectivity index (χ0) is 57.3. The maximum absolute atomic E-state index is 13.4. The number of amides is 2. The lowest BCUT2D eigenvalue weighted by atomic mass is 10.1. The van der Waals surface area contributed by atoms with Crippen LogP contribution in [0.4, 0.5) is 4.79 Å². The predicted octanol–water partition coefficient (Wildman–Crippen LogP) is 13.6. The van der Waals surface area contributed by atoms with E-state index in [-0.39, 0.29) is 96.9 Å². The highest BCUT2D eigenvalue weighted by atomic mass is 16.6. The Hall–Kier alpha value is -3.95. The Morgan fingerprint density at radius 2 is 0.605 bits per heavy atom. The van der Waals surface area contributed by atoms with E-state index in [1.54, 1.807) is 0 Å². The molecule has 16 heteroatoms. The van der Waals surface area contributed by atoms with E-state index in [1.165, 1.54) is 4.90 Å². The molecule has 0 bridgehead atoms. The van der Waals surface area contributed by atoms with Gasteiger partial charge in [0.05, 0.1) is 0 Å². The van der Waals surface area contributed by atoms with Crippen LogP contribution in [0.5, 0.6) is 0 Å². The van der Waals surface area contributed by atoms with Crippen LogP contribution in [0.1, 0.15) is 267 Å². The van der Waals surface area contributed by atoms with Gasteiger partial charge in [0.25, 0.3) is 0 Å². The van der Waals surface area contributed by atoms with Gasteiger partial charge in [-0.1, -0.05) is 184 Å². The number of hydrogen-bond acceptors (Lipinski definition) is 14. The lowest BCUT2D eigenvalue weighted by Gasteiger charge is -2.24. The van der Waals surface area contributed by atoms with Gasteiger partial charge >= 0.3 is 41.8 Å². The first kappa shape index (κ1) is 76.3. The molecule has 16 nitrogen and oxygen atoms in total. The first-order chi connectivity index (χ1) is 36.8. The molecule has 0 atom stereocenters. The average molecular weight is 1090 g/mol. The van der Waals surface area contributed by atoms with E-state index in [0.29, 0.717) is 38.6 Å². The summed E-state index contributed by atoms with van der Waals surface area (Å²) in [6, 6.07) is -0.352. The zero-order valence-corrected chi connectivity index (χ0v) is 50.3. The van der Waals surface area contributed by atoms with Crippen LogP contribution in [0.25, 0.3) is 0 Å². The van der Waals surface area contributed by atoms with Crippen LogP contribution < -0.4 is 5.32 Å². The van der Waals surface area contributed by atoms with Gasteiger partial charge in [0.2, 0.25) is 0 Å². The van der Waals surface area contributed by atoms with Crippen molar-refractivity contribution < 1.29 is 62.0 Å². The average Bonchev–Trinajstić information content (AvgIpc) is 3.41. The molecule has 0 heterocycles. The molecule has 0 unspecified atom stereocenters. The molecule has 0 saturated carbocycles. The number of unbranched alkanes of at least 4 members (excludes halogenated alkanes) is 20. The highest BCUT2D eigenvalue weighted by Gasteiger charge is 2.23. The first-order valence-corrected chi connectivity index (χ1v) is 30.5. The second-order valence-corrected chi connectivity index (χ2v) is 19.6. The van der Waals surface area contributed by atoms with Crippen LogP contribution in [0.15, 0.2) is 0 Å². The number of carbonyl (C=O) groups is 7. The standard InChI is InChI=1S/C56H103N3O13.2C2H6/c1-7-11-15-19-23-27-34-50(60)67-44-48(45-68-51(61)35-28-24-20-16-12-8-2)71-54(64)38-31-42-59(56(66)57-40-33-41-58(5)6)43-32-39-55(65)72-49(46-69-52(62)36-29-25-21-17-13-9-3)47-70-53(63)37-30-26-22-18-14-10-4;2*1-2/h48-49H,7-47H2,1-6H3,(H,57,66);2*1-2H3. The van der Waals surface area contributed by atoms with Gasteiger partial charge in [0.15, 0.2) is 12.2 Å². The topological polar surface area (TPSA) is 193 Å². The summed E-state index contributed by atoms with van der Waals surface area (Å²) in [6.07, 6.45) is 24.5. The number of hydrogen-bond donors (Lipinski definition) is 1. The SMILES string of the molecule is CC.CC.CCCCCCCCC(=O)OCC(COC(=O)CCCCCCCC)OC(=O)CCCN(CCCC(=O)OC(COC(=O)CCCCCCCC)COC(=O)CCCCCCCC)C(=O)NCCCN(C)C. The van der Waals surface area contributed by atoms with E-state index >= 15 is 0 Å². The summed E-state index contributed by atoms with van der Waals surface area (Å²) in [7, 11) is 3.90. The number of rotatable bonds is 50. The summed E-state index contributed by atoms with van der Waals surface area (Å²) in [5.74, 6) is -2.80. The fourth-order valence-electron chi connectivity index (χ4n) is 7.80. The normalized spacial score (nSPS) is 10.8. The van der Waals surface area contributed by atoms with Crippen LogP contribution in [0, 0.1) is 0 Å². The van der Waals surface area contributed by atoms with Crippen LogP contribution in [-0.4, -0.2) is 131 Å². The summed E-state index contributed by atoms with van der Waals surface area (Å²) >= 11 is 0. The smallest absolute Gasteiger partial charge is 0.317 e. The molecule has 0 saturated heterocycles. The molecule has 448 valence electrons. The van der Waals surface area contributed by atoms with Crippen LogP contribution in [-0.2, 0) is 57.2 Å². The Morgan fingerprint density at radius 1 is 0.342 bits per heavy atom. The number of nitrogens with one attached hydrogen (secondary N) is 1. The highest BCUT2D eigenvalue weighted by molar-refractivity contribution is 5.75. The molecule has 0 aromatic rings. The minimum Gasteiger partial charge on any atom is -0.462 e. The van der Waals surface area contributed by atoms with E-state index in [1.807, 2.05) is 46.7 Å². The number of urea groups is 1. The number of esters is 6. The van der Waals surface area contributed by atoms with Crippen molar-refractivity contribution in [2.24, 2.45) is 0 Å². The summed E-state index contributed by atoms with van der Waals surface area (Å²) < 4.78 is 33.3. The largest absolute Gasteiger partial charge is 0.462 e. The third-order valence-corrected chi connectivity index (χ3v) is 12.2.